The van der Waals surface area contributed by atoms with Crippen LogP contribution in [0.15, 0.2) is 30.5 Å². The Morgan fingerprint density at radius 1 is 1.24 bits per heavy atom. The summed E-state index contributed by atoms with van der Waals surface area (Å²) in [4.78, 5) is 14.7. The van der Waals surface area contributed by atoms with Crippen molar-refractivity contribution in [2.45, 2.75) is 58.0 Å². The number of aromatic nitrogens is 2. The number of amides is 2. The minimum absolute atomic E-state index is 0.0262. The van der Waals surface area contributed by atoms with E-state index in [-0.39, 0.29) is 6.03 Å². The van der Waals surface area contributed by atoms with Crippen molar-refractivity contribution in [3.63, 3.8) is 0 Å². The zero-order valence-corrected chi connectivity index (χ0v) is 15.0. The number of fused-ring (bicyclic) bond motifs is 1. The quantitative estimate of drug-likeness (QED) is 0.906. The molecule has 132 valence electrons. The molecule has 5 nitrogen and oxygen atoms in total. The number of hydrogen-bond acceptors (Lipinski definition) is 2. The van der Waals surface area contributed by atoms with Crippen LogP contribution in [0, 0.1) is 0 Å². The van der Waals surface area contributed by atoms with Crippen molar-refractivity contribution in [2.75, 3.05) is 11.9 Å². The second-order valence-electron chi connectivity index (χ2n) is 7.53. The third-order valence-corrected chi connectivity index (χ3v) is 5.52. The van der Waals surface area contributed by atoms with E-state index in [0.717, 1.165) is 31.6 Å². The summed E-state index contributed by atoms with van der Waals surface area (Å²) in [5.74, 6) is 1.32. The van der Waals surface area contributed by atoms with Gasteiger partial charge in [-0.05, 0) is 48.3 Å². The van der Waals surface area contributed by atoms with Gasteiger partial charge in [0.2, 0.25) is 0 Å². The first-order chi connectivity index (χ1) is 12.1. The van der Waals surface area contributed by atoms with Crippen LogP contribution in [0.2, 0.25) is 0 Å². The summed E-state index contributed by atoms with van der Waals surface area (Å²) >= 11 is 0. The molecule has 0 saturated heterocycles. The number of hydrogen-bond donors (Lipinski definition) is 1. The van der Waals surface area contributed by atoms with Crippen LogP contribution in [0.3, 0.4) is 0 Å². The molecule has 0 radical (unpaired) electrons. The van der Waals surface area contributed by atoms with E-state index in [1.54, 1.807) is 6.20 Å². The summed E-state index contributed by atoms with van der Waals surface area (Å²) in [6.45, 7) is 5.85. The van der Waals surface area contributed by atoms with Gasteiger partial charge in [0.1, 0.15) is 5.82 Å². The van der Waals surface area contributed by atoms with Crippen LogP contribution < -0.4 is 5.32 Å². The van der Waals surface area contributed by atoms with Gasteiger partial charge in [0, 0.05) is 19.2 Å². The molecule has 1 aliphatic heterocycles. The molecule has 1 saturated carbocycles. The lowest BCUT2D eigenvalue weighted by atomic mass is 9.93. The largest absolute Gasteiger partial charge is 0.323 e. The van der Waals surface area contributed by atoms with Gasteiger partial charge in [-0.3, -0.25) is 5.32 Å². The molecule has 0 atom stereocenters. The number of nitrogens with zero attached hydrogens (tertiary/aromatic N) is 3. The normalized spacial score (nSPS) is 17.3. The summed E-state index contributed by atoms with van der Waals surface area (Å²) in [7, 11) is 0. The van der Waals surface area contributed by atoms with Crippen molar-refractivity contribution >= 4 is 11.8 Å². The predicted octanol–water partition coefficient (Wildman–Crippen LogP) is 4.32. The van der Waals surface area contributed by atoms with Crippen molar-refractivity contribution < 1.29 is 4.79 Å². The molecule has 2 heterocycles. The highest BCUT2D eigenvalue weighted by molar-refractivity contribution is 5.88. The van der Waals surface area contributed by atoms with Crippen LogP contribution in [0.25, 0.3) is 0 Å². The third kappa shape index (κ3) is 3.15. The molecule has 1 aromatic heterocycles. The number of nitrogens with one attached hydrogen (secondary N) is 1. The minimum atomic E-state index is -0.0262. The van der Waals surface area contributed by atoms with E-state index < -0.39 is 0 Å². The highest BCUT2D eigenvalue weighted by Crippen LogP contribution is 2.33. The molecule has 2 aromatic rings. The molecule has 1 aromatic carbocycles. The second kappa shape index (κ2) is 6.54. The van der Waals surface area contributed by atoms with Crippen molar-refractivity contribution in [3.8, 4) is 0 Å². The SMILES string of the molecule is CC(C)c1ccc2c(c1)CN(C(=O)Nc1ccnn1C1CCC1)CC2. The van der Waals surface area contributed by atoms with Gasteiger partial charge in [-0.25, -0.2) is 9.48 Å². The van der Waals surface area contributed by atoms with Crippen molar-refractivity contribution in [3.05, 3.63) is 47.2 Å². The lowest BCUT2D eigenvalue weighted by Crippen LogP contribution is -2.39. The van der Waals surface area contributed by atoms with E-state index in [4.69, 9.17) is 0 Å². The van der Waals surface area contributed by atoms with Gasteiger partial charge < -0.3 is 4.90 Å². The Morgan fingerprint density at radius 2 is 2.08 bits per heavy atom. The zero-order valence-electron chi connectivity index (χ0n) is 15.0. The minimum Gasteiger partial charge on any atom is -0.320 e. The van der Waals surface area contributed by atoms with E-state index in [1.807, 2.05) is 15.6 Å². The molecule has 1 aliphatic carbocycles. The number of carbonyl (C=O) groups excluding carboxylic acids is 1. The monoisotopic (exact) mass is 338 g/mol. The first kappa shape index (κ1) is 16.2. The Kier molecular flexibility index (Phi) is 4.24. The summed E-state index contributed by atoms with van der Waals surface area (Å²) in [6.07, 6.45) is 6.25. The first-order valence-electron chi connectivity index (χ1n) is 9.33. The maximum atomic E-state index is 12.7. The lowest BCUT2D eigenvalue weighted by Gasteiger charge is -2.31. The molecular weight excluding hydrogens is 312 g/mol. The third-order valence-electron chi connectivity index (χ3n) is 5.52. The Bertz CT molecular complexity index is 776. The number of carbonyl (C=O) groups is 1. The van der Waals surface area contributed by atoms with Crippen molar-refractivity contribution in [1.29, 1.82) is 0 Å². The number of benzene rings is 1. The van der Waals surface area contributed by atoms with Crippen LogP contribution in [0.1, 0.15) is 61.8 Å². The van der Waals surface area contributed by atoms with Crippen LogP contribution in [0.5, 0.6) is 0 Å². The van der Waals surface area contributed by atoms with Crippen LogP contribution >= 0.6 is 0 Å². The topological polar surface area (TPSA) is 50.2 Å². The molecular formula is C20H26N4O. The van der Waals surface area contributed by atoms with Crippen LogP contribution in [-0.4, -0.2) is 27.3 Å². The Balaban J connectivity index is 1.47. The number of urea groups is 1. The van der Waals surface area contributed by atoms with Gasteiger partial charge in [-0.2, -0.15) is 5.10 Å². The Morgan fingerprint density at radius 3 is 2.80 bits per heavy atom. The summed E-state index contributed by atoms with van der Waals surface area (Å²) in [5.41, 5.74) is 3.98. The van der Waals surface area contributed by atoms with Gasteiger partial charge in [0.25, 0.3) is 0 Å². The number of rotatable bonds is 3. The average Bonchev–Trinajstić information content (AvgIpc) is 2.99. The fourth-order valence-corrected chi connectivity index (χ4v) is 3.63. The summed E-state index contributed by atoms with van der Waals surface area (Å²) in [6, 6.07) is 9.02. The molecule has 4 rings (SSSR count). The first-order valence-corrected chi connectivity index (χ1v) is 9.33. The van der Waals surface area contributed by atoms with E-state index >= 15 is 0 Å². The molecule has 2 aliphatic rings. The summed E-state index contributed by atoms with van der Waals surface area (Å²) in [5, 5.41) is 7.45. The van der Waals surface area contributed by atoms with Crippen molar-refractivity contribution in [1.82, 2.24) is 14.7 Å². The van der Waals surface area contributed by atoms with Gasteiger partial charge in [0.05, 0.1) is 12.2 Å². The zero-order chi connectivity index (χ0) is 17.4. The molecule has 5 heteroatoms. The van der Waals surface area contributed by atoms with Crippen molar-refractivity contribution in [2.24, 2.45) is 0 Å². The van der Waals surface area contributed by atoms with E-state index in [2.05, 4.69) is 42.5 Å². The second-order valence-corrected chi connectivity index (χ2v) is 7.53. The predicted molar refractivity (Wildman–Crippen MR) is 98.8 cm³/mol. The van der Waals surface area contributed by atoms with E-state index in [0.29, 0.717) is 18.5 Å². The van der Waals surface area contributed by atoms with Crippen LogP contribution in [-0.2, 0) is 13.0 Å². The molecule has 0 unspecified atom stereocenters. The fraction of sp³-hybridized carbons (Fsp3) is 0.500. The van der Waals surface area contributed by atoms with Gasteiger partial charge >= 0.3 is 6.03 Å². The van der Waals surface area contributed by atoms with Gasteiger partial charge in [0.15, 0.2) is 0 Å². The molecule has 1 fully saturated rings. The Labute approximate surface area is 149 Å². The summed E-state index contributed by atoms with van der Waals surface area (Å²) < 4.78 is 1.97. The van der Waals surface area contributed by atoms with Gasteiger partial charge in [-0.15, -0.1) is 0 Å². The Hall–Kier alpha value is -2.30. The molecule has 0 bridgehead atoms. The van der Waals surface area contributed by atoms with E-state index in [9.17, 15) is 4.79 Å². The van der Waals surface area contributed by atoms with E-state index in [1.165, 1.54) is 23.1 Å². The molecule has 2 amide bonds. The smallest absolute Gasteiger partial charge is 0.320 e. The van der Waals surface area contributed by atoms with Gasteiger partial charge in [-0.1, -0.05) is 32.0 Å². The highest BCUT2D eigenvalue weighted by Gasteiger charge is 2.25. The standard InChI is InChI=1S/C20H26N4O/c1-14(2)16-7-6-15-9-11-23(13-17(15)12-16)20(25)22-19-8-10-21-24(19)18-4-3-5-18/h6-8,10,12,14,18H,3-5,9,11,13H2,1-2H3,(H,22,25). The van der Waals surface area contributed by atoms with Crippen LogP contribution in [0.4, 0.5) is 10.6 Å². The maximum absolute atomic E-state index is 12.7. The molecule has 0 spiro atoms. The maximum Gasteiger partial charge on any atom is 0.323 e. The average molecular weight is 338 g/mol. The number of anilines is 1. The molecule has 25 heavy (non-hydrogen) atoms. The fourth-order valence-electron chi connectivity index (χ4n) is 3.63. The molecule has 1 N–H and O–H groups in total. The highest BCUT2D eigenvalue weighted by atomic mass is 16.2. The lowest BCUT2D eigenvalue weighted by molar-refractivity contribution is 0.205.